The van der Waals surface area contributed by atoms with Crippen LogP contribution in [-0.2, 0) is 11.3 Å². The van der Waals surface area contributed by atoms with E-state index in [2.05, 4.69) is 26.3 Å². The summed E-state index contributed by atoms with van der Waals surface area (Å²) in [6.45, 7) is -0.0229. The Morgan fingerprint density at radius 2 is 1.64 bits per heavy atom. The van der Waals surface area contributed by atoms with Gasteiger partial charge in [-0.1, -0.05) is 28.1 Å². The third-order valence-corrected chi connectivity index (χ3v) is 7.27. The van der Waals surface area contributed by atoms with Crippen molar-refractivity contribution in [2.24, 2.45) is 17.8 Å². The van der Waals surface area contributed by atoms with Crippen molar-refractivity contribution in [3.05, 3.63) is 51.2 Å². The lowest BCUT2D eigenvalue weighted by molar-refractivity contribution is -0.127. The molecule has 0 radical (unpaired) electrons. The van der Waals surface area contributed by atoms with Gasteiger partial charge in [0.1, 0.15) is 6.54 Å². The van der Waals surface area contributed by atoms with E-state index in [1.54, 1.807) is 6.07 Å². The number of carbonyl (C=O) groups excluding carboxylic acids is 1. The molecular weight excluding hydrogens is 418 g/mol. The molecular formula is C22H24BrN3O2. The highest BCUT2D eigenvalue weighted by atomic mass is 79.9. The zero-order valence-electron chi connectivity index (χ0n) is 15.7. The van der Waals surface area contributed by atoms with E-state index in [9.17, 15) is 9.59 Å². The fourth-order valence-electron chi connectivity index (χ4n) is 6.07. The van der Waals surface area contributed by atoms with E-state index in [1.165, 1.54) is 30.0 Å². The van der Waals surface area contributed by atoms with Gasteiger partial charge in [-0.2, -0.15) is 5.10 Å². The summed E-state index contributed by atoms with van der Waals surface area (Å²) in [5, 5.41) is 7.76. The summed E-state index contributed by atoms with van der Waals surface area (Å²) < 4.78 is 2.27. The van der Waals surface area contributed by atoms with Gasteiger partial charge in [0, 0.05) is 21.6 Å². The summed E-state index contributed by atoms with van der Waals surface area (Å²) in [6, 6.07) is 11.0. The first-order valence-electron chi connectivity index (χ1n) is 10.1. The molecule has 146 valence electrons. The summed E-state index contributed by atoms with van der Waals surface area (Å²) in [4.78, 5) is 25.1. The van der Waals surface area contributed by atoms with Crippen molar-refractivity contribution in [3.8, 4) is 11.3 Å². The molecule has 6 rings (SSSR count). The molecule has 1 aromatic heterocycles. The van der Waals surface area contributed by atoms with E-state index in [0.717, 1.165) is 47.1 Å². The van der Waals surface area contributed by atoms with Crippen LogP contribution in [0.15, 0.2) is 45.7 Å². The first kappa shape index (κ1) is 18.1. The summed E-state index contributed by atoms with van der Waals surface area (Å²) in [6.07, 6.45) is 7.33. The molecule has 0 saturated heterocycles. The van der Waals surface area contributed by atoms with Crippen LogP contribution in [0.25, 0.3) is 11.3 Å². The number of benzene rings is 1. The lowest BCUT2D eigenvalue weighted by Gasteiger charge is -2.56. The molecule has 5 nitrogen and oxygen atoms in total. The Morgan fingerprint density at radius 1 is 1.04 bits per heavy atom. The van der Waals surface area contributed by atoms with Crippen molar-refractivity contribution >= 4 is 21.8 Å². The molecule has 4 bridgehead atoms. The zero-order chi connectivity index (χ0) is 19.3. The van der Waals surface area contributed by atoms with Gasteiger partial charge in [-0.15, -0.1) is 0 Å². The van der Waals surface area contributed by atoms with Crippen LogP contribution >= 0.6 is 15.9 Å². The maximum Gasteiger partial charge on any atom is 0.267 e. The Bertz CT molecular complexity index is 931. The molecule has 4 aliphatic rings. The number of nitrogens with one attached hydrogen (secondary N) is 1. The fraction of sp³-hybridized carbons (Fsp3) is 0.500. The molecule has 2 aromatic rings. The van der Waals surface area contributed by atoms with Crippen LogP contribution in [0.2, 0.25) is 0 Å². The number of rotatable bonds is 4. The number of carbonyl (C=O) groups is 1. The minimum absolute atomic E-state index is 0.0229. The van der Waals surface area contributed by atoms with Crippen molar-refractivity contribution in [1.29, 1.82) is 0 Å². The van der Waals surface area contributed by atoms with Gasteiger partial charge in [-0.3, -0.25) is 9.59 Å². The highest BCUT2D eigenvalue weighted by Gasteiger charge is 2.51. The van der Waals surface area contributed by atoms with E-state index < -0.39 is 0 Å². The predicted molar refractivity (Wildman–Crippen MR) is 111 cm³/mol. The van der Waals surface area contributed by atoms with Crippen LogP contribution < -0.4 is 10.9 Å². The summed E-state index contributed by atoms with van der Waals surface area (Å²) in [5.74, 6) is 2.22. The smallest absolute Gasteiger partial charge is 0.267 e. The topological polar surface area (TPSA) is 64.0 Å². The minimum Gasteiger partial charge on any atom is -0.349 e. The molecule has 0 unspecified atom stereocenters. The predicted octanol–water partition coefficient (Wildman–Crippen LogP) is 3.76. The number of hydrogen-bond donors (Lipinski definition) is 1. The highest BCUT2D eigenvalue weighted by molar-refractivity contribution is 9.10. The van der Waals surface area contributed by atoms with E-state index in [-0.39, 0.29) is 23.6 Å². The number of aromatic nitrogens is 2. The zero-order valence-corrected chi connectivity index (χ0v) is 17.3. The Hall–Kier alpha value is -1.95. The molecule has 0 atom stereocenters. The molecule has 0 aliphatic heterocycles. The van der Waals surface area contributed by atoms with Gasteiger partial charge >= 0.3 is 0 Å². The third kappa shape index (κ3) is 3.43. The SMILES string of the molecule is O=C(Cn1nc(-c2ccc(Br)cc2)ccc1=O)NC12CC3CC(CC(C3)C1)C2. The number of halogens is 1. The molecule has 4 aliphatic carbocycles. The van der Waals surface area contributed by atoms with E-state index in [0.29, 0.717) is 5.69 Å². The quantitative estimate of drug-likeness (QED) is 0.785. The van der Waals surface area contributed by atoms with Gasteiger partial charge < -0.3 is 5.32 Å². The Labute approximate surface area is 172 Å². The van der Waals surface area contributed by atoms with Gasteiger partial charge in [0.2, 0.25) is 5.91 Å². The molecule has 1 amide bonds. The summed E-state index contributed by atoms with van der Waals surface area (Å²) in [5.41, 5.74) is 1.31. The first-order valence-corrected chi connectivity index (χ1v) is 10.9. The second kappa shape index (κ2) is 6.83. The highest BCUT2D eigenvalue weighted by Crippen LogP contribution is 2.55. The van der Waals surface area contributed by atoms with Gasteiger partial charge in [0.05, 0.1) is 5.69 Å². The van der Waals surface area contributed by atoms with Gasteiger partial charge in [-0.25, -0.2) is 4.68 Å². The van der Waals surface area contributed by atoms with Crippen LogP contribution in [0.5, 0.6) is 0 Å². The molecule has 1 aromatic carbocycles. The fourth-order valence-corrected chi connectivity index (χ4v) is 6.34. The van der Waals surface area contributed by atoms with Crippen LogP contribution in [0.1, 0.15) is 38.5 Å². The van der Waals surface area contributed by atoms with Gasteiger partial charge in [0.25, 0.3) is 5.56 Å². The molecule has 28 heavy (non-hydrogen) atoms. The average molecular weight is 442 g/mol. The number of hydrogen-bond acceptors (Lipinski definition) is 3. The van der Waals surface area contributed by atoms with Crippen molar-refractivity contribution in [1.82, 2.24) is 15.1 Å². The Balaban J connectivity index is 1.33. The standard InChI is InChI=1S/C22H24BrN3O2/c23-18-3-1-17(2-4-18)19-5-6-21(28)26(25-19)13-20(27)24-22-10-14-7-15(11-22)9-16(8-14)12-22/h1-6,14-16H,7-13H2,(H,24,27). The largest absolute Gasteiger partial charge is 0.349 e. The normalized spacial score (nSPS) is 30.4. The van der Waals surface area contributed by atoms with Crippen LogP contribution in [0, 0.1) is 17.8 Å². The van der Waals surface area contributed by atoms with Gasteiger partial charge in [-0.05, 0) is 74.5 Å². The summed E-state index contributed by atoms with van der Waals surface area (Å²) in [7, 11) is 0. The lowest BCUT2D eigenvalue weighted by Crippen LogP contribution is -2.60. The second-order valence-electron chi connectivity index (χ2n) is 8.97. The molecule has 4 fully saturated rings. The van der Waals surface area contributed by atoms with Crippen molar-refractivity contribution in [2.45, 2.75) is 50.6 Å². The second-order valence-corrected chi connectivity index (χ2v) is 9.88. The molecule has 6 heteroatoms. The van der Waals surface area contributed by atoms with Crippen molar-refractivity contribution in [3.63, 3.8) is 0 Å². The lowest BCUT2D eigenvalue weighted by atomic mass is 9.53. The molecule has 4 saturated carbocycles. The van der Waals surface area contributed by atoms with Crippen LogP contribution in [0.4, 0.5) is 0 Å². The maximum absolute atomic E-state index is 12.8. The maximum atomic E-state index is 12.8. The Kier molecular flexibility index (Phi) is 4.42. The van der Waals surface area contributed by atoms with Crippen molar-refractivity contribution < 1.29 is 4.79 Å². The minimum atomic E-state index is -0.249. The van der Waals surface area contributed by atoms with Crippen LogP contribution in [0.3, 0.4) is 0 Å². The average Bonchev–Trinajstić information content (AvgIpc) is 2.62. The molecule has 1 heterocycles. The first-order chi connectivity index (χ1) is 13.5. The van der Waals surface area contributed by atoms with Crippen LogP contribution in [-0.4, -0.2) is 21.2 Å². The van der Waals surface area contributed by atoms with E-state index in [4.69, 9.17) is 0 Å². The number of amides is 1. The Morgan fingerprint density at radius 3 is 2.25 bits per heavy atom. The number of nitrogens with zero attached hydrogens (tertiary/aromatic N) is 2. The van der Waals surface area contributed by atoms with E-state index in [1.807, 2.05) is 24.3 Å². The third-order valence-electron chi connectivity index (χ3n) is 6.74. The molecule has 1 N–H and O–H groups in total. The van der Waals surface area contributed by atoms with Gasteiger partial charge in [0.15, 0.2) is 0 Å². The van der Waals surface area contributed by atoms with Crippen molar-refractivity contribution in [2.75, 3.05) is 0 Å². The molecule has 0 spiro atoms. The monoisotopic (exact) mass is 441 g/mol. The van der Waals surface area contributed by atoms with E-state index >= 15 is 0 Å². The summed E-state index contributed by atoms with van der Waals surface area (Å²) >= 11 is 3.42.